The van der Waals surface area contributed by atoms with Crippen LogP contribution in [0.15, 0.2) is 30.3 Å². The fraction of sp³-hybridized carbons (Fsp3) is 0.0769. The molecule has 21 heavy (non-hydrogen) atoms. The molecule has 0 fully saturated rings. The van der Waals surface area contributed by atoms with Gasteiger partial charge in [0.25, 0.3) is 5.69 Å². The van der Waals surface area contributed by atoms with Gasteiger partial charge in [0.05, 0.1) is 15.6 Å². The highest BCUT2D eigenvalue weighted by molar-refractivity contribution is 6.33. The van der Waals surface area contributed by atoms with Crippen LogP contribution in [0.4, 0.5) is 20.2 Å². The van der Waals surface area contributed by atoms with E-state index in [2.05, 4.69) is 5.32 Å². The van der Waals surface area contributed by atoms with E-state index in [0.717, 1.165) is 6.07 Å². The van der Waals surface area contributed by atoms with Crippen LogP contribution < -0.4 is 5.32 Å². The highest BCUT2D eigenvalue weighted by atomic mass is 35.5. The summed E-state index contributed by atoms with van der Waals surface area (Å²) in [7, 11) is 0. The molecule has 0 saturated heterocycles. The fourth-order valence-electron chi connectivity index (χ4n) is 1.71. The molecule has 110 valence electrons. The van der Waals surface area contributed by atoms with Gasteiger partial charge in [-0.15, -0.1) is 0 Å². The minimum absolute atomic E-state index is 0.00902. The largest absolute Gasteiger partial charge is 0.377 e. The predicted molar refractivity (Wildman–Crippen MR) is 76.8 cm³/mol. The number of halogens is 4. The van der Waals surface area contributed by atoms with E-state index in [4.69, 9.17) is 23.2 Å². The van der Waals surface area contributed by atoms with Gasteiger partial charge in [-0.2, -0.15) is 0 Å². The van der Waals surface area contributed by atoms with Crippen LogP contribution >= 0.6 is 23.2 Å². The van der Waals surface area contributed by atoms with Crippen molar-refractivity contribution in [3.63, 3.8) is 0 Å². The third-order valence-corrected chi connectivity index (χ3v) is 3.30. The smallest absolute Gasteiger partial charge is 0.288 e. The molecule has 0 saturated carbocycles. The number of nitro benzene ring substituents is 1. The Kier molecular flexibility index (Phi) is 4.59. The Morgan fingerprint density at radius 3 is 2.48 bits per heavy atom. The third kappa shape index (κ3) is 3.59. The second kappa shape index (κ2) is 6.24. The molecule has 0 amide bonds. The van der Waals surface area contributed by atoms with E-state index in [0.29, 0.717) is 11.6 Å². The Labute approximate surface area is 128 Å². The molecule has 8 heteroatoms. The molecule has 2 aromatic rings. The van der Waals surface area contributed by atoms with Crippen molar-refractivity contribution >= 4 is 34.6 Å². The first-order valence-corrected chi connectivity index (χ1v) is 6.45. The van der Waals surface area contributed by atoms with Crippen LogP contribution in [-0.4, -0.2) is 4.92 Å². The number of benzene rings is 2. The Morgan fingerprint density at radius 2 is 1.86 bits per heavy atom. The van der Waals surface area contributed by atoms with E-state index in [1.807, 2.05) is 0 Å². The summed E-state index contributed by atoms with van der Waals surface area (Å²) in [5.74, 6) is -1.63. The molecule has 0 heterocycles. The first-order chi connectivity index (χ1) is 9.88. The van der Waals surface area contributed by atoms with Gasteiger partial charge in [0.2, 0.25) is 0 Å². The predicted octanol–water partition coefficient (Wildman–Crippen LogP) is 4.79. The van der Waals surface area contributed by atoms with Gasteiger partial charge in [-0.3, -0.25) is 10.1 Å². The highest BCUT2D eigenvalue weighted by Crippen LogP contribution is 2.28. The summed E-state index contributed by atoms with van der Waals surface area (Å²) in [6.45, 7) is 0.0697. The average Bonchev–Trinajstić information content (AvgIpc) is 2.38. The quantitative estimate of drug-likeness (QED) is 0.646. The summed E-state index contributed by atoms with van der Waals surface area (Å²) < 4.78 is 26.5. The maximum atomic E-state index is 13.6. The van der Waals surface area contributed by atoms with Crippen LogP contribution in [0.3, 0.4) is 0 Å². The van der Waals surface area contributed by atoms with Gasteiger partial charge in [-0.25, -0.2) is 8.78 Å². The number of rotatable bonds is 4. The number of hydrogen-bond donors (Lipinski definition) is 1. The fourth-order valence-corrected chi connectivity index (χ4v) is 2.16. The summed E-state index contributed by atoms with van der Waals surface area (Å²) >= 11 is 11.4. The van der Waals surface area contributed by atoms with Crippen molar-refractivity contribution in [1.82, 2.24) is 0 Å². The van der Waals surface area contributed by atoms with Gasteiger partial charge in [0.1, 0.15) is 10.8 Å². The lowest BCUT2D eigenvalue weighted by Gasteiger charge is -2.10. The average molecular weight is 333 g/mol. The van der Waals surface area contributed by atoms with Gasteiger partial charge in [0.15, 0.2) is 5.82 Å². The molecule has 2 aromatic carbocycles. The molecule has 0 radical (unpaired) electrons. The molecular formula is C13H8Cl2F2N2O2. The third-order valence-electron chi connectivity index (χ3n) is 2.68. The normalized spacial score (nSPS) is 10.5. The lowest BCUT2D eigenvalue weighted by atomic mass is 10.2. The summed E-state index contributed by atoms with van der Waals surface area (Å²) in [5.41, 5.74) is 0.184. The summed E-state index contributed by atoms with van der Waals surface area (Å²) in [6, 6.07) is 5.86. The molecule has 0 spiro atoms. The number of nitrogens with one attached hydrogen (secondary N) is 1. The van der Waals surface area contributed by atoms with E-state index < -0.39 is 16.6 Å². The lowest BCUT2D eigenvalue weighted by Crippen LogP contribution is -2.03. The molecule has 0 unspecified atom stereocenters. The molecule has 1 N–H and O–H groups in total. The van der Waals surface area contributed by atoms with Gasteiger partial charge in [0, 0.05) is 18.7 Å². The Hall–Kier alpha value is -1.92. The van der Waals surface area contributed by atoms with Crippen molar-refractivity contribution in [2.45, 2.75) is 6.54 Å². The van der Waals surface area contributed by atoms with Crippen LogP contribution in [0.5, 0.6) is 0 Å². The van der Waals surface area contributed by atoms with Crippen LogP contribution in [0.2, 0.25) is 10.0 Å². The van der Waals surface area contributed by atoms with Gasteiger partial charge in [-0.05, 0) is 17.7 Å². The van der Waals surface area contributed by atoms with Crippen LogP contribution in [0, 0.1) is 21.7 Å². The molecule has 4 nitrogen and oxygen atoms in total. The van der Waals surface area contributed by atoms with Crippen molar-refractivity contribution in [1.29, 1.82) is 0 Å². The van der Waals surface area contributed by atoms with E-state index in [1.54, 1.807) is 6.07 Å². The van der Waals surface area contributed by atoms with Gasteiger partial charge in [-0.1, -0.05) is 29.3 Å². The minimum Gasteiger partial charge on any atom is -0.377 e. The van der Waals surface area contributed by atoms with Crippen LogP contribution in [0.1, 0.15) is 5.56 Å². The lowest BCUT2D eigenvalue weighted by molar-refractivity contribution is -0.384. The first kappa shape index (κ1) is 15.5. The van der Waals surface area contributed by atoms with Crippen LogP contribution in [0.25, 0.3) is 0 Å². The zero-order valence-electron chi connectivity index (χ0n) is 10.4. The van der Waals surface area contributed by atoms with Crippen molar-refractivity contribution in [2.24, 2.45) is 0 Å². The number of anilines is 1. The molecule has 0 aliphatic carbocycles. The molecule has 0 aliphatic heterocycles. The van der Waals surface area contributed by atoms with E-state index in [9.17, 15) is 18.9 Å². The maximum absolute atomic E-state index is 13.6. The number of nitrogens with zero attached hydrogens (tertiary/aromatic N) is 1. The topological polar surface area (TPSA) is 55.2 Å². The molecule has 0 aliphatic rings. The zero-order chi connectivity index (χ0) is 15.6. The van der Waals surface area contributed by atoms with E-state index >= 15 is 0 Å². The first-order valence-electron chi connectivity index (χ1n) is 5.69. The summed E-state index contributed by atoms with van der Waals surface area (Å²) in [6.07, 6.45) is 0. The van der Waals surface area contributed by atoms with Crippen molar-refractivity contribution in [3.05, 3.63) is 67.7 Å². The standard InChI is InChI=1S/C13H8Cl2F2N2O2/c14-9-2-1-7(3-12(9)19(20)21)6-18-13-10(15)4-8(16)5-11(13)17/h1-5,18H,6H2. The second-order valence-corrected chi connectivity index (χ2v) is 4.96. The summed E-state index contributed by atoms with van der Waals surface area (Å²) in [4.78, 5) is 10.2. The minimum atomic E-state index is -0.844. The SMILES string of the molecule is O=[N+]([O-])c1cc(CNc2c(F)cc(F)cc2Cl)ccc1Cl. The summed E-state index contributed by atoms with van der Waals surface area (Å²) in [5, 5.41) is 13.3. The van der Waals surface area contributed by atoms with Gasteiger partial charge >= 0.3 is 0 Å². The van der Waals surface area contributed by atoms with E-state index in [-0.39, 0.29) is 28.0 Å². The van der Waals surface area contributed by atoms with Crippen molar-refractivity contribution in [2.75, 3.05) is 5.32 Å². The van der Waals surface area contributed by atoms with Crippen molar-refractivity contribution in [3.8, 4) is 0 Å². The number of hydrogen-bond acceptors (Lipinski definition) is 3. The van der Waals surface area contributed by atoms with Crippen molar-refractivity contribution < 1.29 is 13.7 Å². The maximum Gasteiger partial charge on any atom is 0.288 e. The molecular weight excluding hydrogens is 325 g/mol. The molecule has 0 bridgehead atoms. The zero-order valence-corrected chi connectivity index (χ0v) is 11.9. The monoisotopic (exact) mass is 332 g/mol. The second-order valence-electron chi connectivity index (χ2n) is 4.14. The molecule has 2 rings (SSSR count). The Bertz CT molecular complexity index is 688. The molecule has 0 aromatic heterocycles. The highest BCUT2D eigenvalue weighted by Gasteiger charge is 2.14. The Morgan fingerprint density at radius 1 is 1.14 bits per heavy atom. The Balaban J connectivity index is 2.21. The van der Waals surface area contributed by atoms with Crippen LogP contribution in [-0.2, 0) is 6.54 Å². The number of nitro groups is 1. The molecule has 0 atom stereocenters. The van der Waals surface area contributed by atoms with Gasteiger partial charge < -0.3 is 5.32 Å². The van der Waals surface area contributed by atoms with E-state index in [1.165, 1.54) is 12.1 Å².